The van der Waals surface area contributed by atoms with E-state index in [2.05, 4.69) is 0 Å². The van der Waals surface area contributed by atoms with Gasteiger partial charge in [-0.1, -0.05) is 19.8 Å². The van der Waals surface area contributed by atoms with Crippen molar-refractivity contribution in [3.05, 3.63) is 0 Å². The maximum atomic E-state index is 9.39. The molecule has 0 aromatic carbocycles. The summed E-state index contributed by atoms with van der Waals surface area (Å²) in [4.78, 5) is 0. The van der Waals surface area contributed by atoms with E-state index in [0.717, 1.165) is 12.8 Å². The van der Waals surface area contributed by atoms with Crippen molar-refractivity contribution < 1.29 is 9.84 Å². The average Bonchev–Trinajstić information content (AvgIpc) is 2.26. The molecular weight excluding hydrogens is 178 g/mol. The van der Waals surface area contributed by atoms with Gasteiger partial charge >= 0.3 is 0 Å². The first-order chi connectivity index (χ1) is 6.77. The molecule has 0 aromatic rings. The number of aliphatic hydroxyl groups excluding tert-OH is 1. The highest BCUT2D eigenvalue weighted by Crippen LogP contribution is 2.26. The molecule has 0 saturated heterocycles. The van der Waals surface area contributed by atoms with Gasteiger partial charge in [0.1, 0.15) is 0 Å². The van der Waals surface area contributed by atoms with Crippen molar-refractivity contribution in [2.75, 3.05) is 13.2 Å². The maximum absolute atomic E-state index is 9.39. The summed E-state index contributed by atoms with van der Waals surface area (Å²) in [5.74, 6) is 0.507. The second kappa shape index (κ2) is 6.38. The third-order valence-electron chi connectivity index (χ3n) is 3.12. The van der Waals surface area contributed by atoms with Gasteiger partial charge in [-0.05, 0) is 31.7 Å². The van der Waals surface area contributed by atoms with Gasteiger partial charge in [-0.25, -0.2) is 0 Å². The Hall–Kier alpha value is -0.120. The fourth-order valence-electron chi connectivity index (χ4n) is 2.02. The minimum atomic E-state index is -0.310. The number of nitrogens with two attached hydrogens (primary N) is 1. The molecule has 0 heterocycles. The summed E-state index contributed by atoms with van der Waals surface area (Å²) >= 11 is 0. The monoisotopic (exact) mass is 201 g/mol. The van der Waals surface area contributed by atoms with Gasteiger partial charge in [0.2, 0.25) is 0 Å². The lowest BCUT2D eigenvalue weighted by Crippen LogP contribution is -2.35. The van der Waals surface area contributed by atoms with Crippen molar-refractivity contribution in [1.82, 2.24) is 0 Å². The zero-order valence-corrected chi connectivity index (χ0v) is 9.11. The minimum Gasteiger partial charge on any atom is -0.391 e. The fourth-order valence-corrected chi connectivity index (χ4v) is 2.02. The molecule has 1 saturated carbocycles. The van der Waals surface area contributed by atoms with Crippen LogP contribution in [0.15, 0.2) is 0 Å². The van der Waals surface area contributed by atoms with E-state index >= 15 is 0 Å². The fraction of sp³-hybridized carbons (Fsp3) is 1.00. The standard InChI is InChI=1S/C11H23NO2/c1-2-10(13)8-14-11-6-4-3-5-9(11)7-12/h9-11,13H,2-8,12H2,1H3. The first kappa shape index (κ1) is 12.0. The van der Waals surface area contributed by atoms with Crippen molar-refractivity contribution >= 4 is 0 Å². The predicted octanol–water partition coefficient (Wildman–Crippen LogP) is 1.29. The molecule has 1 fully saturated rings. The molecule has 0 spiro atoms. The summed E-state index contributed by atoms with van der Waals surface area (Å²) in [6, 6.07) is 0. The van der Waals surface area contributed by atoms with Crippen LogP contribution in [-0.2, 0) is 4.74 Å². The van der Waals surface area contributed by atoms with Gasteiger partial charge in [-0.15, -0.1) is 0 Å². The first-order valence-electron chi connectivity index (χ1n) is 5.77. The predicted molar refractivity (Wildman–Crippen MR) is 57.1 cm³/mol. The van der Waals surface area contributed by atoms with E-state index in [1.54, 1.807) is 0 Å². The third-order valence-corrected chi connectivity index (χ3v) is 3.12. The van der Waals surface area contributed by atoms with Crippen LogP contribution in [-0.4, -0.2) is 30.5 Å². The molecule has 0 amide bonds. The van der Waals surface area contributed by atoms with Gasteiger partial charge in [0.15, 0.2) is 0 Å². The zero-order valence-electron chi connectivity index (χ0n) is 9.11. The molecule has 1 aliphatic carbocycles. The van der Waals surface area contributed by atoms with Crippen LogP contribution in [0.3, 0.4) is 0 Å². The highest BCUT2D eigenvalue weighted by molar-refractivity contribution is 4.76. The van der Waals surface area contributed by atoms with Gasteiger partial charge in [-0.2, -0.15) is 0 Å². The lowest BCUT2D eigenvalue weighted by molar-refractivity contribution is -0.0483. The normalized spacial score (nSPS) is 30.2. The summed E-state index contributed by atoms with van der Waals surface area (Å²) in [5, 5.41) is 9.39. The van der Waals surface area contributed by atoms with E-state index in [0.29, 0.717) is 19.1 Å². The van der Waals surface area contributed by atoms with Crippen LogP contribution in [0, 0.1) is 5.92 Å². The summed E-state index contributed by atoms with van der Waals surface area (Å²) in [5.41, 5.74) is 5.69. The van der Waals surface area contributed by atoms with E-state index in [4.69, 9.17) is 10.5 Å². The maximum Gasteiger partial charge on any atom is 0.0771 e. The summed E-state index contributed by atoms with van der Waals surface area (Å²) in [6.45, 7) is 3.15. The molecule has 3 atom stereocenters. The summed E-state index contributed by atoms with van der Waals surface area (Å²) in [6.07, 6.45) is 5.55. The number of rotatable bonds is 5. The third kappa shape index (κ3) is 3.56. The molecule has 1 aliphatic rings. The highest BCUT2D eigenvalue weighted by atomic mass is 16.5. The van der Waals surface area contributed by atoms with Crippen molar-refractivity contribution in [2.24, 2.45) is 11.7 Å². The molecule has 1 rings (SSSR count). The van der Waals surface area contributed by atoms with Crippen LogP contribution in [0.1, 0.15) is 39.0 Å². The van der Waals surface area contributed by atoms with Crippen molar-refractivity contribution in [3.8, 4) is 0 Å². The van der Waals surface area contributed by atoms with Gasteiger partial charge in [-0.3, -0.25) is 0 Å². The van der Waals surface area contributed by atoms with Gasteiger partial charge in [0.25, 0.3) is 0 Å². The largest absolute Gasteiger partial charge is 0.391 e. The van der Waals surface area contributed by atoms with Gasteiger partial charge in [0.05, 0.1) is 18.8 Å². The van der Waals surface area contributed by atoms with E-state index in [9.17, 15) is 5.11 Å². The van der Waals surface area contributed by atoms with Crippen molar-refractivity contribution in [3.63, 3.8) is 0 Å². The average molecular weight is 201 g/mol. The van der Waals surface area contributed by atoms with E-state index in [-0.39, 0.29) is 12.2 Å². The lowest BCUT2D eigenvalue weighted by atomic mass is 9.86. The Morgan fingerprint density at radius 3 is 2.79 bits per heavy atom. The van der Waals surface area contributed by atoms with Crippen LogP contribution in [0.25, 0.3) is 0 Å². The molecule has 0 bridgehead atoms. The Kier molecular flexibility index (Phi) is 5.45. The second-order valence-corrected chi connectivity index (χ2v) is 4.21. The molecule has 3 nitrogen and oxygen atoms in total. The molecule has 14 heavy (non-hydrogen) atoms. The molecule has 0 aromatic heterocycles. The van der Waals surface area contributed by atoms with Crippen LogP contribution < -0.4 is 5.73 Å². The quantitative estimate of drug-likeness (QED) is 0.704. The number of ether oxygens (including phenoxy) is 1. The van der Waals surface area contributed by atoms with Crippen LogP contribution in [0.2, 0.25) is 0 Å². The Labute approximate surface area is 86.6 Å². The summed E-state index contributed by atoms with van der Waals surface area (Å²) in [7, 11) is 0. The van der Waals surface area contributed by atoms with E-state index < -0.39 is 0 Å². The highest BCUT2D eigenvalue weighted by Gasteiger charge is 2.24. The topological polar surface area (TPSA) is 55.5 Å². The molecular formula is C11H23NO2. The van der Waals surface area contributed by atoms with Gasteiger partial charge < -0.3 is 15.6 Å². The van der Waals surface area contributed by atoms with Crippen LogP contribution in [0.4, 0.5) is 0 Å². The minimum absolute atomic E-state index is 0.287. The number of hydrogen-bond acceptors (Lipinski definition) is 3. The molecule has 0 radical (unpaired) electrons. The lowest BCUT2D eigenvalue weighted by Gasteiger charge is -2.31. The number of hydrogen-bond donors (Lipinski definition) is 2. The summed E-state index contributed by atoms with van der Waals surface area (Å²) < 4.78 is 5.71. The smallest absolute Gasteiger partial charge is 0.0771 e. The first-order valence-corrected chi connectivity index (χ1v) is 5.77. The second-order valence-electron chi connectivity index (χ2n) is 4.21. The molecule has 3 heteroatoms. The van der Waals surface area contributed by atoms with E-state index in [1.807, 2.05) is 6.92 Å². The van der Waals surface area contributed by atoms with E-state index in [1.165, 1.54) is 19.3 Å². The Morgan fingerprint density at radius 1 is 1.43 bits per heavy atom. The molecule has 3 unspecified atom stereocenters. The SMILES string of the molecule is CCC(O)COC1CCCCC1CN. The van der Waals surface area contributed by atoms with Crippen molar-refractivity contribution in [2.45, 2.75) is 51.2 Å². The zero-order chi connectivity index (χ0) is 10.4. The molecule has 3 N–H and O–H groups in total. The van der Waals surface area contributed by atoms with Crippen molar-refractivity contribution in [1.29, 1.82) is 0 Å². The Balaban J connectivity index is 2.26. The number of aliphatic hydroxyl groups is 1. The Bertz CT molecular complexity index is 152. The molecule has 84 valence electrons. The van der Waals surface area contributed by atoms with Crippen LogP contribution in [0.5, 0.6) is 0 Å². The molecule has 0 aliphatic heterocycles. The van der Waals surface area contributed by atoms with Gasteiger partial charge in [0, 0.05) is 0 Å². The Morgan fingerprint density at radius 2 is 2.14 bits per heavy atom. The van der Waals surface area contributed by atoms with Crippen LogP contribution >= 0.6 is 0 Å².